The lowest BCUT2D eigenvalue weighted by Crippen LogP contribution is -2.10. The number of hydrogen-bond donors (Lipinski definition) is 0. The van der Waals surface area contributed by atoms with E-state index in [1.54, 1.807) is 13.4 Å². The number of para-hydroxylation sites is 4. The molecule has 0 heterocycles. The Morgan fingerprint density at radius 1 is 0.778 bits per heavy atom. The molecule has 136 valence electrons. The van der Waals surface area contributed by atoms with Crippen LogP contribution in [0.4, 0.5) is 5.69 Å². The maximum absolute atomic E-state index is 6.00. The molecule has 3 aromatic carbocycles. The molecule has 0 fully saturated rings. The minimum absolute atomic E-state index is 0.460. The van der Waals surface area contributed by atoms with Crippen LogP contribution in [0.2, 0.25) is 0 Å². The van der Waals surface area contributed by atoms with Gasteiger partial charge in [-0.25, -0.2) is 4.99 Å². The van der Waals surface area contributed by atoms with Crippen molar-refractivity contribution >= 4 is 11.6 Å². The summed E-state index contributed by atoms with van der Waals surface area (Å²) in [7, 11) is 1.61. The van der Waals surface area contributed by atoms with Gasteiger partial charge in [-0.3, -0.25) is 0 Å². The Kier molecular flexibility index (Phi) is 6.26. The van der Waals surface area contributed by atoms with Gasteiger partial charge < -0.3 is 14.2 Å². The summed E-state index contributed by atoms with van der Waals surface area (Å²) in [5.41, 5.74) is 1.54. The number of nitrogens with zero attached hydrogens (tertiary/aromatic N) is 1. The second kappa shape index (κ2) is 9.25. The molecular formula is C23H21NO3. The minimum Gasteiger partial charge on any atom is -0.493 e. The van der Waals surface area contributed by atoms with Crippen LogP contribution in [0.3, 0.4) is 0 Å². The van der Waals surface area contributed by atoms with Gasteiger partial charge in [0, 0.05) is 5.57 Å². The van der Waals surface area contributed by atoms with Gasteiger partial charge in [-0.2, -0.15) is 0 Å². The molecule has 0 unspecified atom stereocenters. The zero-order valence-electron chi connectivity index (χ0n) is 15.3. The molecule has 0 radical (unpaired) electrons. The van der Waals surface area contributed by atoms with Crippen LogP contribution in [-0.2, 0) is 0 Å². The summed E-state index contributed by atoms with van der Waals surface area (Å²) >= 11 is 0. The summed E-state index contributed by atoms with van der Waals surface area (Å²) in [6.45, 7) is 1.89. The molecule has 4 nitrogen and oxygen atoms in total. The zero-order chi connectivity index (χ0) is 18.9. The lowest BCUT2D eigenvalue weighted by molar-refractivity contribution is 0.377. The molecule has 3 aromatic rings. The quantitative estimate of drug-likeness (QED) is 0.318. The van der Waals surface area contributed by atoms with Crippen LogP contribution < -0.4 is 14.2 Å². The average molecular weight is 359 g/mol. The van der Waals surface area contributed by atoms with Crippen molar-refractivity contribution < 1.29 is 14.2 Å². The monoisotopic (exact) mass is 359 g/mol. The van der Waals surface area contributed by atoms with E-state index in [9.17, 15) is 0 Å². The van der Waals surface area contributed by atoms with E-state index in [1.807, 2.05) is 91.9 Å². The number of rotatable bonds is 6. The number of hydrogen-bond acceptors (Lipinski definition) is 4. The Morgan fingerprint density at radius 3 is 2.04 bits per heavy atom. The zero-order valence-corrected chi connectivity index (χ0v) is 15.3. The van der Waals surface area contributed by atoms with E-state index in [4.69, 9.17) is 14.2 Å². The molecule has 0 saturated heterocycles. The fourth-order valence-corrected chi connectivity index (χ4v) is 2.33. The van der Waals surface area contributed by atoms with Gasteiger partial charge in [0.15, 0.2) is 11.5 Å². The Hall–Kier alpha value is -3.53. The highest BCUT2D eigenvalue weighted by atomic mass is 16.5. The van der Waals surface area contributed by atoms with Crippen molar-refractivity contribution in [1.29, 1.82) is 0 Å². The Labute approximate surface area is 159 Å². The van der Waals surface area contributed by atoms with Crippen LogP contribution in [0.15, 0.2) is 102 Å². The molecule has 0 amide bonds. The third-order valence-electron chi connectivity index (χ3n) is 3.71. The number of ether oxygens (including phenoxy) is 3. The summed E-state index contributed by atoms with van der Waals surface area (Å²) in [5, 5.41) is 0. The molecule has 0 spiro atoms. The predicted octanol–water partition coefficient (Wildman–Crippen LogP) is 5.79. The first kappa shape index (κ1) is 18.3. The smallest absolute Gasteiger partial charge is 0.225 e. The van der Waals surface area contributed by atoms with Gasteiger partial charge in [0.25, 0.3) is 0 Å². The van der Waals surface area contributed by atoms with Crippen molar-refractivity contribution in [2.24, 2.45) is 4.99 Å². The van der Waals surface area contributed by atoms with E-state index in [0.717, 1.165) is 11.3 Å². The van der Waals surface area contributed by atoms with Crippen molar-refractivity contribution in [1.82, 2.24) is 0 Å². The van der Waals surface area contributed by atoms with Crippen LogP contribution in [0.25, 0.3) is 0 Å². The second-order valence-corrected chi connectivity index (χ2v) is 5.74. The molecule has 0 aliphatic carbocycles. The SMILES string of the molecule is COc1ccccc1O/C=C(\C)C(=Nc1ccccc1)Oc1ccccc1. The van der Waals surface area contributed by atoms with Crippen molar-refractivity contribution in [3.63, 3.8) is 0 Å². The normalized spacial score (nSPS) is 11.8. The van der Waals surface area contributed by atoms with Gasteiger partial charge in [0.05, 0.1) is 19.1 Å². The third-order valence-corrected chi connectivity index (χ3v) is 3.71. The average Bonchev–Trinajstić information content (AvgIpc) is 2.73. The van der Waals surface area contributed by atoms with Crippen LogP contribution in [0.5, 0.6) is 17.2 Å². The summed E-state index contributed by atoms with van der Waals surface area (Å²) < 4.78 is 17.1. The Bertz CT molecular complexity index is 919. The van der Waals surface area contributed by atoms with Crippen molar-refractivity contribution in [3.05, 3.63) is 96.8 Å². The van der Waals surface area contributed by atoms with Crippen molar-refractivity contribution in [2.75, 3.05) is 7.11 Å². The lowest BCUT2D eigenvalue weighted by Gasteiger charge is -2.11. The maximum atomic E-state index is 6.00. The van der Waals surface area contributed by atoms with Gasteiger partial charge in [-0.1, -0.05) is 48.5 Å². The summed E-state index contributed by atoms with van der Waals surface area (Å²) in [5.74, 6) is 2.45. The highest BCUT2D eigenvalue weighted by Crippen LogP contribution is 2.26. The molecule has 0 saturated carbocycles. The first-order valence-corrected chi connectivity index (χ1v) is 8.60. The van der Waals surface area contributed by atoms with Crippen LogP contribution >= 0.6 is 0 Å². The summed E-state index contributed by atoms with van der Waals surface area (Å²) in [6, 6.07) is 26.7. The van der Waals surface area contributed by atoms with Crippen LogP contribution in [0, 0.1) is 0 Å². The Morgan fingerprint density at radius 2 is 1.37 bits per heavy atom. The Balaban J connectivity index is 1.88. The molecule has 4 heteroatoms. The molecule has 0 aliphatic rings. The number of benzene rings is 3. The van der Waals surface area contributed by atoms with Gasteiger partial charge in [0.2, 0.25) is 5.90 Å². The molecule has 0 N–H and O–H groups in total. The fourth-order valence-electron chi connectivity index (χ4n) is 2.33. The summed E-state index contributed by atoms with van der Waals surface area (Å²) in [6.07, 6.45) is 1.61. The van der Waals surface area contributed by atoms with E-state index in [1.165, 1.54) is 0 Å². The van der Waals surface area contributed by atoms with E-state index >= 15 is 0 Å². The van der Waals surface area contributed by atoms with E-state index in [2.05, 4.69) is 4.99 Å². The molecule has 3 rings (SSSR count). The summed E-state index contributed by atoms with van der Waals surface area (Å²) in [4.78, 5) is 4.62. The van der Waals surface area contributed by atoms with E-state index in [0.29, 0.717) is 23.1 Å². The van der Waals surface area contributed by atoms with E-state index in [-0.39, 0.29) is 0 Å². The van der Waals surface area contributed by atoms with Crippen molar-refractivity contribution in [3.8, 4) is 17.2 Å². The molecule has 0 aliphatic heterocycles. The van der Waals surface area contributed by atoms with Crippen LogP contribution in [-0.4, -0.2) is 13.0 Å². The first-order valence-electron chi connectivity index (χ1n) is 8.60. The molecule has 0 aromatic heterocycles. The maximum Gasteiger partial charge on any atom is 0.225 e. The standard InChI is InChI=1S/C23H21NO3/c1-18(17-26-22-16-10-9-15-21(22)25-2)23(24-19-11-5-3-6-12-19)27-20-13-7-4-8-14-20/h3-17H,1-2H3/b18-17+,24-23?. The minimum atomic E-state index is 0.460. The highest BCUT2D eigenvalue weighted by Gasteiger charge is 2.08. The molecule has 27 heavy (non-hydrogen) atoms. The first-order chi connectivity index (χ1) is 13.3. The number of aliphatic imine (C=N–C) groups is 1. The molecule has 0 atom stereocenters. The second-order valence-electron chi connectivity index (χ2n) is 5.74. The highest BCUT2D eigenvalue weighted by molar-refractivity contribution is 5.96. The third kappa shape index (κ3) is 5.22. The van der Waals surface area contributed by atoms with Crippen molar-refractivity contribution in [2.45, 2.75) is 6.92 Å². The predicted molar refractivity (Wildman–Crippen MR) is 108 cm³/mol. The topological polar surface area (TPSA) is 40.0 Å². The van der Waals surface area contributed by atoms with Gasteiger partial charge in [-0.15, -0.1) is 0 Å². The van der Waals surface area contributed by atoms with Gasteiger partial charge >= 0.3 is 0 Å². The number of methoxy groups -OCH3 is 1. The molecular weight excluding hydrogens is 338 g/mol. The van der Waals surface area contributed by atoms with E-state index < -0.39 is 0 Å². The van der Waals surface area contributed by atoms with Gasteiger partial charge in [0.1, 0.15) is 5.75 Å². The largest absolute Gasteiger partial charge is 0.493 e. The van der Waals surface area contributed by atoms with Crippen LogP contribution in [0.1, 0.15) is 6.92 Å². The molecule has 0 bridgehead atoms. The fraction of sp³-hybridized carbons (Fsp3) is 0.0870. The van der Waals surface area contributed by atoms with Gasteiger partial charge in [-0.05, 0) is 43.3 Å². The lowest BCUT2D eigenvalue weighted by atomic mass is 10.3.